The Morgan fingerprint density at radius 2 is 2.16 bits per heavy atom. The third-order valence-corrected chi connectivity index (χ3v) is 2.86. The Hall–Kier alpha value is -1.60. The Kier molecular flexibility index (Phi) is 5.78. The van der Waals surface area contributed by atoms with Crippen molar-refractivity contribution in [3.05, 3.63) is 11.8 Å². The fourth-order valence-electron chi connectivity index (χ4n) is 1.90. The Bertz CT molecular complexity index is 437. The maximum Gasteiger partial charge on any atom is 0.311 e. The average molecular weight is 288 g/mol. The largest absolute Gasteiger partial charge is 0.469 e. The molecule has 106 valence electrons. The van der Waals surface area contributed by atoms with E-state index >= 15 is 0 Å². The standard InChI is InChI=1S/C11H17N5O2.ClH/c1-18-10(17)7-8-6-9(11(12)15-14-8)16-4-2-13-3-5-16;/h6,13H,2-5,7H2,1H3,(H2,12,15);1H. The molecule has 1 aromatic rings. The number of piperazine rings is 1. The zero-order valence-corrected chi connectivity index (χ0v) is 11.6. The number of carbonyl (C=O) groups excluding carboxylic acids is 1. The Labute approximate surface area is 117 Å². The summed E-state index contributed by atoms with van der Waals surface area (Å²) < 4.78 is 4.61. The van der Waals surface area contributed by atoms with Crippen molar-refractivity contribution >= 4 is 29.9 Å². The van der Waals surface area contributed by atoms with Crippen LogP contribution in [0.15, 0.2) is 6.07 Å². The van der Waals surface area contributed by atoms with Gasteiger partial charge in [0.15, 0.2) is 5.82 Å². The molecule has 0 bridgehead atoms. The van der Waals surface area contributed by atoms with E-state index in [1.54, 1.807) is 0 Å². The maximum atomic E-state index is 11.2. The van der Waals surface area contributed by atoms with Crippen molar-refractivity contribution in [2.24, 2.45) is 0 Å². The Balaban J connectivity index is 0.00000180. The van der Waals surface area contributed by atoms with Gasteiger partial charge in [-0.1, -0.05) is 0 Å². The SMILES string of the molecule is COC(=O)Cc1cc(N2CCNCC2)c(N)nn1.Cl. The highest BCUT2D eigenvalue weighted by Gasteiger charge is 2.16. The van der Waals surface area contributed by atoms with Crippen molar-refractivity contribution in [1.29, 1.82) is 0 Å². The lowest BCUT2D eigenvalue weighted by atomic mass is 10.2. The molecule has 3 N–H and O–H groups in total. The number of rotatable bonds is 3. The van der Waals surface area contributed by atoms with Crippen molar-refractivity contribution in [3.63, 3.8) is 0 Å². The minimum atomic E-state index is -0.333. The summed E-state index contributed by atoms with van der Waals surface area (Å²) in [5.41, 5.74) is 7.24. The van der Waals surface area contributed by atoms with Crippen molar-refractivity contribution < 1.29 is 9.53 Å². The van der Waals surface area contributed by atoms with Crippen LogP contribution in [0.4, 0.5) is 11.5 Å². The van der Waals surface area contributed by atoms with Gasteiger partial charge in [-0.15, -0.1) is 17.5 Å². The molecule has 1 fully saturated rings. The lowest BCUT2D eigenvalue weighted by Crippen LogP contribution is -2.44. The van der Waals surface area contributed by atoms with E-state index < -0.39 is 0 Å². The molecule has 7 nitrogen and oxygen atoms in total. The molecule has 0 saturated carbocycles. The van der Waals surface area contributed by atoms with Crippen LogP contribution in [-0.4, -0.2) is 49.5 Å². The molecular weight excluding hydrogens is 270 g/mol. The first-order valence-electron chi connectivity index (χ1n) is 5.85. The summed E-state index contributed by atoms with van der Waals surface area (Å²) in [4.78, 5) is 13.3. The second-order valence-corrected chi connectivity index (χ2v) is 4.10. The molecule has 0 spiro atoms. The van der Waals surface area contributed by atoms with Crippen LogP contribution >= 0.6 is 12.4 Å². The number of nitrogens with two attached hydrogens (primary N) is 1. The van der Waals surface area contributed by atoms with Crippen LogP contribution in [0.5, 0.6) is 0 Å². The van der Waals surface area contributed by atoms with Gasteiger partial charge in [-0.2, -0.15) is 5.10 Å². The van der Waals surface area contributed by atoms with Gasteiger partial charge in [0, 0.05) is 26.2 Å². The van der Waals surface area contributed by atoms with Crippen LogP contribution in [0, 0.1) is 0 Å². The van der Waals surface area contributed by atoms with Crippen LogP contribution in [0.2, 0.25) is 0 Å². The minimum Gasteiger partial charge on any atom is -0.469 e. The average Bonchev–Trinajstić information content (AvgIpc) is 2.42. The van der Waals surface area contributed by atoms with Crippen LogP contribution < -0.4 is 16.0 Å². The van der Waals surface area contributed by atoms with Gasteiger partial charge in [0.25, 0.3) is 0 Å². The van der Waals surface area contributed by atoms with Crippen molar-refractivity contribution in [1.82, 2.24) is 15.5 Å². The summed E-state index contributed by atoms with van der Waals surface area (Å²) >= 11 is 0. The smallest absolute Gasteiger partial charge is 0.311 e. The first-order valence-corrected chi connectivity index (χ1v) is 5.85. The first-order chi connectivity index (χ1) is 8.70. The van der Waals surface area contributed by atoms with E-state index in [1.165, 1.54) is 7.11 Å². The first kappa shape index (κ1) is 15.5. The van der Waals surface area contributed by atoms with Crippen molar-refractivity contribution in [3.8, 4) is 0 Å². The predicted octanol–water partition coefficient (Wildman–Crippen LogP) is -0.394. The number of nitrogens with zero attached hydrogens (tertiary/aromatic N) is 3. The van der Waals surface area contributed by atoms with Gasteiger partial charge in [0.05, 0.1) is 24.9 Å². The van der Waals surface area contributed by atoms with Gasteiger partial charge >= 0.3 is 5.97 Å². The molecule has 0 aliphatic carbocycles. The molecule has 2 heterocycles. The quantitative estimate of drug-likeness (QED) is 0.731. The number of carbonyl (C=O) groups is 1. The number of hydrogen-bond acceptors (Lipinski definition) is 7. The molecule has 19 heavy (non-hydrogen) atoms. The zero-order valence-electron chi connectivity index (χ0n) is 10.8. The maximum absolute atomic E-state index is 11.2. The third-order valence-electron chi connectivity index (χ3n) is 2.86. The molecule has 0 amide bonds. The number of nitrogen functional groups attached to an aromatic ring is 1. The number of esters is 1. The highest BCUT2D eigenvalue weighted by atomic mass is 35.5. The van der Waals surface area contributed by atoms with Gasteiger partial charge in [-0.05, 0) is 6.07 Å². The summed E-state index contributed by atoms with van der Waals surface area (Å²) in [5.74, 6) is 0.0610. The highest BCUT2D eigenvalue weighted by molar-refractivity contribution is 5.85. The van der Waals surface area contributed by atoms with Gasteiger partial charge in [-0.3, -0.25) is 4.79 Å². The monoisotopic (exact) mass is 287 g/mol. The van der Waals surface area contributed by atoms with E-state index in [-0.39, 0.29) is 24.8 Å². The number of hydrogen-bond donors (Lipinski definition) is 2. The van der Waals surface area contributed by atoms with E-state index in [0.29, 0.717) is 11.5 Å². The second kappa shape index (κ2) is 7.10. The normalized spacial score (nSPS) is 14.7. The second-order valence-electron chi connectivity index (χ2n) is 4.10. The Morgan fingerprint density at radius 3 is 2.79 bits per heavy atom. The number of methoxy groups -OCH3 is 1. The van der Waals surface area contributed by atoms with E-state index in [9.17, 15) is 4.79 Å². The lowest BCUT2D eigenvalue weighted by molar-refractivity contribution is -0.139. The zero-order chi connectivity index (χ0) is 13.0. The minimum absolute atomic E-state index is 0. The number of ether oxygens (including phenoxy) is 1. The van der Waals surface area contributed by atoms with Crippen molar-refractivity contribution in [2.45, 2.75) is 6.42 Å². The van der Waals surface area contributed by atoms with Crippen molar-refractivity contribution in [2.75, 3.05) is 43.9 Å². The molecule has 1 aliphatic heterocycles. The Morgan fingerprint density at radius 1 is 1.47 bits per heavy atom. The van der Waals surface area contributed by atoms with E-state index in [2.05, 4.69) is 25.2 Å². The number of anilines is 2. The molecule has 1 saturated heterocycles. The third kappa shape index (κ3) is 3.93. The summed E-state index contributed by atoms with van der Waals surface area (Å²) in [7, 11) is 1.35. The predicted molar refractivity (Wildman–Crippen MR) is 74.5 cm³/mol. The van der Waals surface area contributed by atoms with E-state index in [1.807, 2.05) is 6.07 Å². The van der Waals surface area contributed by atoms with Crippen LogP contribution in [-0.2, 0) is 16.0 Å². The van der Waals surface area contributed by atoms with Crippen LogP contribution in [0.3, 0.4) is 0 Å². The summed E-state index contributed by atoms with van der Waals surface area (Å²) in [6, 6.07) is 1.81. The number of aromatic nitrogens is 2. The number of halogens is 1. The molecule has 1 aromatic heterocycles. The van der Waals surface area contributed by atoms with E-state index in [4.69, 9.17) is 5.73 Å². The topological polar surface area (TPSA) is 93.4 Å². The van der Waals surface area contributed by atoms with Gasteiger partial charge < -0.3 is 20.7 Å². The fourth-order valence-corrected chi connectivity index (χ4v) is 1.90. The van der Waals surface area contributed by atoms with Crippen LogP contribution in [0.25, 0.3) is 0 Å². The number of nitrogens with one attached hydrogen (secondary N) is 1. The van der Waals surface area contributed by atoms with Crippen LogP contribution in [0.1, 0.15) is 5.69 Å². The molecule has 8 heteroatoms. The molecule has 1 aliphatic rings. The van der Waals surface area contributed by atoms with Gasteiger partial charge in [0.1, 0.15) is 0 Å². The molecule has 2 rings (SSSR count). The fraction of sp³-hybridized carbons (Fsp3) is 0.545. The molecule has 0 aromatic carbocycles. The molecule has 0 radical (unpaired) electrons. The molecule has 0 atom stereocenters. The highest BCUT2D eigenvalue weighted by Crippen LogP contribution is 2.21. The van der Waals surface area contributed by atoms with Gasteiger partial charge in [0.2, 0.25) is 0 Å². The summed E-state index contributed by atoms with van der Waals surface area (Å²) in [6.07, 6.45) is 0.114. The summed E-state index contributed by atoms with van der Waals surface area (Å²) in [5, 5.41) is 11.1. The lowest BCUT2D eigenvalue weighted by Gasteiger charge is -2.29. The van der Waals surface area contributed by atoms with E-state index in [0.717, 1.165) is 31.9 Å². The van der Waals surface area contributed by atoms with Gasteiger partial charge in [-0.25, -0.2) is 0 Å². The summed E-state index contributed by atoms with van der Waals surface area (Å²) in [6.45, 7) is 3.56. The molecule has 0 unspecified atom stereocenters. The molecular formula is C11H18ClN5O2.